The number of hydrogen-bond donors (Lipinski definition) is 0. The molecule has 1 fully saturated rings. The van der Waals surface area contributed by atoms with Crippen LogP contribution in [0.1, 0.15) is 46.8 Å². The number of sulfonamides is 1. The fourth-order valence-electron chi connectivity index (χ4n) is 5.48. The Morgan fingerprint density at radius 1 is 0.929 bits per heavy atom. The van der Waals surface area contributed by atoms with Crippen LogP contribution in [0.4, 0.5) is 5.69 Å². The summed E-state index contributed by atoms with van der Waals surface area (Å²) in [4.78, 5) is 26.3. The van der Waals surface area contributed by atoms with Crippen molar-refractivity contribution < 1.29 is 32.3 Å². The fourth-order valence-corrected chi connectivity index (χ4v) is 7.00. The molecule has 11 nitrogen and oxygen atoms in total. The SMILES string of the molecule is COc1cc2c(cc1OC)[C@H](COc1ccc([N+](=O)[O-])cc1)N(C(=O)c1ccc(S(=O)(=O)N3CCCCC3)cc1)CC2. The summed E-state index contributed by atoms with van der Waals surface area (Å²) in [6, 6.07) is 15.1. The highest BCUT2D eigenvalue weighted by molar-refractivity contribution is 7.89. The summed E-state index contributed by atoms with van der Waals surface area (Å²) in [7, 11) is -0.519. The molecule has 1 saturated heterocycles. The van der Waals surface area contributed by atoms with Crippen molar-refractivity contribution >= 4 is 21.6 Å². The molecule has 0 bridgehead atoms. The molecular weight excluding hydrogens is 562 g/mol. The molecule has 222 valence electrons. The molecule has 0 saturated carbocycles. The molecular formula is C30H33N3O8S. The number of nitro groups is 1. The second-order valence-corrected chi connectivity index (χ2v) is 12.2. The van der Waals surface area contributed by atoms with Crippen LogP contribution >= 0.6 is 0 Å². The summed E-state index contributed by atoms with van der Waals surface area (Å²) in [5.41, 5.74) is 2.12. The van der Waals surface area contributed by atoms with Crippen LogP contribution in [-0.4, -0.2) is 68.9 Å². The molecule has 42 heavy (non-hydrogen) atoms. The molecule has 12 heteroatoms. The summed E-state index contributed by atoms with van der Waals surface area (Å²) in [6.45, 7) is 1.47. The van der Waals surface area contributed by atoms with E-state index in [4.69, 9.17) is 14.2 Å². The van der Waals surface area contributed by atoms with Gasteiger partial charge in [-0.1, -0.05) is 6.42 Å². The first-order valence-corrected chi connectivity index (χ1v) is 15.2. The lowest BCUT2D eigenvalue weighted by Gasteiger charge is -2.37. The second kappa shape index (κ2) is 12.4. The first-order valence-electron chi connectivity index (χ1n) is 13.8. The zero-order chi connectivity index (χ0) is 29.9. The first-order chi connectivity index (χ1) is 20.2. The van der Waals surface area contributed by atoms with Gasteiger partial charge in [-0.2, -0.15) is 4.31 Å². The van der Waals surface area contributed by atoms with Gasteiger partial charge in [0.15, 0.2) is 11.5 Å². The monoisotopic (exact) mass is 595 g/mol. The molecule has 5 rings (SSSR count). The predicted molar refractivity (Wildman–Crippen MR) is 155 cm³/mol. The smallest absolute Gasteiger partial charge is 0.269 e. The fraction of sp³-hybridized carbons (Fsp3) is 0.367. The molecule has 3 aromatic rings. The molecule has 0 unspecified atom stereocenters. The summed E-state index contributed by atoms with van der Waals surface area (Å²) < 4.78 is 44.8. The largest absolute Gasteiger partial charge is 0.493 e. The van der Waals surface area contributed by atoms with Crippen LogP contribution in [0.25, 0.3) is 0 Å². The van der Waals surface area contributed by atoms with Gasteiger partial charge in [0.2, 0.25) is 10.0 Å². The number of fused-ring (bicyclic) bond motifs is 1. The third-order valence-electron chi connectivity index (χ3n) is 7.77. The molecule has 2 heterocycles. The molecule has 1 amide bonds. The lowest BCUT2D eigenvalue weighted by atomic mass is 9.91. The van der Waals surface area contributed by atoms with E-state index in [2.05, 4.69) is 0 Å². The van der Waals surface area contributed by atoms with Crippen LogP contribution in [0.2, 0.25) is 0 Å². The zero-order valence-electron chi connectivity index (χ0n) is 23.5. The number of piperidine rings is 1. The van der Waals surface area contributed by atoms with Crippen molar-refractivity contribution in [2.75, 3.05) is 40.5 Å². The number of benzene rings is 3. The van der Waals surface area contributed by atoms with Gasteiger partial charge in [-0.3, -0.25) is 14.9 Å². The molecule has 0 N–H and O–H groups in total. The maximum absolute atomic E-state index is 13.9. The first kappa shape index (κ1) is 29.3. The maximum Gasteiger partial charge on any atom is 0.269 e. The quantitative estimate of drug-likeness (QED) is 0.259. The van der Waals surface area contributed by atoms with E-state index in [0.717, 1.165) is 30.4 Å². The minimum absolute atomic E-state index is 0.0512. The average Bonchev–Trinajstić information content (AvgIpc) is 3.03. The number of hydrogen-bond acceptors (Lipinski definition) is 8. The number of non-ortho nitro benzene ring substituents is 1. The molecule has 1 atom stereocenters. The predicted octanol–water partition coefficient (Wildman–Crippen LogP) is 4.61. The summed E-state index contributed by atoms with van der Waals surface area (Å²) in [6.07, 6.45) is 3.27. The zero-order valence-corrected chi connectivity index (χ0v) is 24.3. The Morgan fingerprint density at radius 3 is 2.19 bits per heavy atom. The van der Waals surface area contributed by atoms with Gasteiger partial charge in [0, 0.05) is 37.3 Å². The summed E-state index contributed by atoms with van der Waals surface area (Å²) >= 11 is 0. The average molecular weight is 596 g/mol. The van der Waals surface area contributed by atoms with Crippen molar-refractivity contribution in [2.24, 2.45) is 0 Å². The minimum atomic E-state index is -3.62. The molecule has 0 aromatic heterocycles. The van der Waals surface area contributed by atoms with E-state index in [9.17, 15) is 23.3 Å². The minimum Gasteiger partial charge on any atom is -0.493 e. The van der Waals surface area contributed by atoms with E-state index >= 15 is 0 Å². The number of carbonyl (C=O) groups is 1. The van der Waals surface area contributed by atoms with Crippen LogP contribution in [0, 0.1) is 10.1 Å². The van der Waals surface area contributed by atoms with Crippen molar-refractivity contribution in [3.8, 4) is 17.2 Å². The van der Waals surface area contributed by atoms with Gasteiger partial charge in [-0.15, -0.1) is 0 Å². The lowest BCUT2D eigenvalue weighted by molar-refractivity contribution is -0.384. The van der Waals surface area contributed by atoms with Crippen LogP contribution < -0.4 is 14.2 Å². The van der Waals surface area contributed by atoms with Crippen LogP contribution in [0.3, 0.4) is 0 Å². The van der Waals surface area contributed by atoms with E-state index in [-0.39, 0.29) is 23.1 Å². The Bertz CT molecular complexity index is 1550. The molecule has 0 spiro atoms. The number of methoxy groups -OCH3 is 2. The van der Waals surface area contributed by atoms with E-state index in [1.807, 2.05) is 12.1 Å². The number of carbonyl (C=O) groups excluding carboxylic acids is 1. The van der Waals surface area contributed by atoms with E-state index < -0.39 is 21.0 Å². The normalized spacial score (nSPS) is 17.3. The van der Waals surface area contributed by atoms with Crippen molar-refractivity contribution in [2.45, 2.75) is 36.6 Å². The van der Waals surface area contributed by atoms with E-state index in [1.165, 1.54) is 47.8 Å². The van der Waals surface area contributed by atoms with Crippen LogP contribution in [0.5, 0.6) is 17.2 Å². The second-order valence-electron chi connectivity index (χ2n) is 10.2. The number of ether oxygens (including phenoxy) is 3. The van der Waals surface area contributed by atoms with Crippen molar-refractivity contribution in [3.63, 3.8) is 0 Å². The number of nitro benzene ring substituents is 1. The van der Waals surface area contributed by atoms with Gasteiger partial charge < -0.3 is 19.1 Å². The van der Waals surface area contributed by atoms with Gasteiger partial charge in [0.05, 0.1) is 30.1 Å². The summed E-state index contributed by atoms with van der Waals surface area (Å²) in [5, 5.41) is 11.0. The summed E-state index contributed by atoms with van der Waals surface area (Å²) in [5.74, 6) is 1.25. The Morgan fingerprint density at radius 2 is 1.57 bits per heavy atom. The van der Waals surface area contributed by atoms with Crippen LogP contribution in [0.15, 0.2) is 65.6 Å². The van der Waals surface area contributed by atoms with Gasteiger partial charge in [-0.25, -0.2) is 8.42 Å². The standard InChI is InChI=1S/C30H33N3O8S/c1-39-28-18-22-14-17-32(30(34)21-6-12-25(13-7-21)42(37,38)31-15-4-3-5-16-31)27(26(22)19-29(28)40-2)20-41-24-10-8-23(9-11-24)33(35)36/h6-13,18-19,27H,3-5,14-17,20H2,1-2H3/t27-/m0/s1. The number of rotatable bonds is 9. The third kappa shape index (κ3) is 5.90. The van der Waals surface area contributed by atoms with E-state index in [0.29, 0.717) is 48.9 Å². The van der Waals surface area contributed by atoms with E-state index in [1.54, 1.807) is 24.1 Å². The molecule has 0 aliphatic carbocycles. The van der Waals surface area contributed by atoms with Gasteiger partial charge >= 0.3 is 0 Å². The highest BCUT2D eigenvalue weighted by Gasteiger charge is 2.34. The molecule has 2 aliphatic heterocycles. The van der Waals surface area contributed by atoms with Crippen LogP contribution in [-0.2, 0) is 16.4 Å². The van der Waals surface area contributed by atoms with Crippen molar-refractivity contribution in [1.29, 1.82) is 0 Å². The Hall–Kier alpha value is -4.16. The van der Waals surface area contributed by atoms with Gasteiger partial charge in [0.1, 0.15) is 12.4 Å². The molecule has 3 aromatic carbocycles. The number of amides is 1. The topological polar surface area (TPSA) is 129 Å². The van der Waals surface area contributed by atoms with Crippen molar-refractivity contribution in [1.82, 2.24) is 9.21 Å². The van der Waals surface area contributed by atoms with Crippen molar-refractivity contribution in [3.05, 3.63) is 87.5 Å². The molecule has 0 radical (unpaired) electrons. The highest BCUT2D eigenvalue weighted by Crippen LogP contribution is 2.39. The Balaban J connectivity index is 1.43. The third-order valence-corrected chi connectivity index (χ3v) is 9.69. The van der Waals surface area contributed by atoms with Gasteiger partial charge in [0.25, 0.3) is 11.6 Å². The molecule has 2 aliphatic rings. The number of nitrogens with zero attached hydrogens (tertiary/aromatic N) is 3. The highest BCUT2D eigenvalue weighted by atomic mass is 32.2. The Kier molecular flexibility index (Phi) is 8.64. The Labute approximate surface area is 244 Å². The van der Waals surface area contributed by atoms with Gasteiger partial charge in [-0.05, 0) is 78.9 Å². The lowest BCUT2D eigenvalue weighted by Crippen LogP contribution is -2.42. The maximum atomic E-state index is 13.9.